The molecule has 2 aliphatic rings. The van der Waals surface area contributed by atoms with E-state index in [2.05, 4.69) is 11.1 Å². The molecule has 2 aromatic rings. The summed E-state index contributed by atoms with van der Waals surface area (Å²) in [6.07, 6.45) is -2.32. The van der Waals surface area contributed by atoms with Crippen molar-refractivity contribution in [3.05, 3.63) is 36.0 Å². The van der Waals surface area contributed by atoms with Crippen LogP contribution in [0.5, 0.6) is 0 Å². The van der Waals surface area contributed by atoms with E-state index in [0.29, 0.717) is 17.6 Å². The van der Waals surface area contributed by atoms with Crippen molar-refractivity contribution in [2.24, 2.45) is 11.3 Å². The van der Waals surface area contributed by atoms with Crippen molar-refractivity contribution in [1.29, 1.82) is 5.26 Å². The van der Waals surface area contributed by atoms with E-state index in [9.17, 15) is 13.2 Å². The highest BCUT2D eigenvalue weighted by Gasteiger charge is 2.74. The van der Waals surface area contributed by atoms with Crippen molar-refractivity contribution < 1.29 is 13.2 Å². The summed E-state index contributed by atoms with van der Waals surface area (Å²) in [7, 11) is 0. The number of rotatable bonds is 1. The molecule has 2 atom stereocenters. The first-order valence-corrected chi connectivity index (χ1v) is 7.06. The van der Waals surface area contributed by atoms with E-state index in [1.165, 1.54) is 0 Å². The number of hydrogen-bond donors (Lipinski definition) is 0. The fourth-order valence-corrected chi connectivity index (χ4v) is 3.63. The molecule has 1 saturated heterocycles. The molecule has 3 nitrogen and oxygen atoms in total. The minimum Gasteiger partial charge on any atom is -0.370 e. The number of hydrogen-bond acceptors (Lipinski definition) is 3. The van der Waals surface area contributed by atoms with Crippen LogP contribution in [0.15, 0.2) is 30.5 Å². The Hall–Kier alpha value is -2.29. The van der Waals surface area contributed by atoms with Gasteiger partial charge < -0.3 is 4.90 Å². The van der Waals surface area contributed by atoms with Crippen LogP contribution in [0.2, 0.25) is 0 Å². The molecule has 2 unspecified atom stereocenters. The quantitative estimate of drug-likeness (QED) is 0.809. The molecule has 2 heterocycles. The predicted molar refractivity (Wildman–Crippen MR) is 75.3 cm³/mol. The Morgan fingerprint density at radius 3 is 2.82 bits per heavy atom. The number of nitriles is 1. The van der Waals surface area contributed by atoms with Gasteiger partial charge in [-0.2, -0.15) is 18.4 Å². The summed E-state index contributed by atoms with van der Waals surface area (Å²) >= 11 is 0. The summed E-state index contributed by atoms with van der Waals surface area (Å²) in [4.78, 5) is 5.99. The number of alkyl halides is 3. The molecule has 0 radical (unpaired) electrons. The van der Waals surface area contributed by atoms with E-state index in [0.717, 1.165) is 11.1 Å². The molecule has 0 spiro atoms. The van der Waals surface area contributed by atoms with Crippen LogP contribution in [-0.4, -0.2) is 24.2 Å². The van der Waals surface area contributed by atoms with Gasteiger partial charge in [0.05, 0.1) is 16.5 Å². The summed E-state index contributed by atoms with van der Waals surface area (Å²) in [5.41, 5.74) is 0.186. The lowest BCUT2D eigenvalue weighted by molar-refractivity contribution is -0.184. The number of anilines is 1. The van der Waals surface area contributed by atoms with Crippen molar-refractivity contribution in [1.82, 2.24) is 4.98 Å². The predicted octanol–water partition coefficient (Wildman–Crippen LogP) is 3.50. The van der Waals surface area contributed by atoms with Crippen molar-refractivity contribution >= 4 is 16.6 Å². The molecular formula is C16H12F3N3. The zero-order valence-corrected chi connectivity index (χ0v) is 11.6. The summed E-state index contributed by atoms with van der Waals surface area (Å²) in [5.74, 6) is -0.310. The largest absolute Gasteiger partial charge is 0.396 e. The highest BCUT2D eigenvalue weighted by Crippen LogP contribution is 2.66. The number of piperidine rings is 1. The monoisotopic (exact) mass is 303 g/mol. The third-order valence-corrected chi connectivity index (χ3v) is 4.92. The minimum atomic E-state index is -4.15. The molecular weight excluding hydrogens is 291 g/mol. The van der Waals surface area contributed by atoms with E-state index in [-0.39, 0.29) is 18.9 Å². The molecule has 2 fully saturated rings. The molecule has 4 rings (SSSR count). The smallest absolute Gasteiger partial charge is 0.370 e. The minimum absolute atomic E-state index is 0.00292. The Kier molecular flexibility index (Phi) is 2.51. The van der Waals surface area contributed by atoms with Gasteiger partial charge in [-0.25, -0.2) is 0 Å². The van der Waals surface area contributed by atoms with E-state index in [1.807, 2.05) is 6.07 Å². The molecule has 1 saturated carbocycles. The maximum atomic E-state index is 13.2. The number of fused-ring (bicyclic) bond motifs is 2. The molecule has 112 valence electrons. The third kappa shape index (κ3) is 1.65. The number of aromatic nitrogens is 1. The lowest BCUT2D eigenvalue weighted by Crippen LogP contribution is -2.33. The molecule has 6 heteroatoms. The van der Waals surface area contributed by atoms with Gasteiger partial charge in [0, 0.05) is 30.4 Å². The van der Waals surface area contributed by atoms with E-state index < -0.39 is 11.6 Å². The summed E-state index contributed by atoms with van der Waals surface area (Å²) in [5, 5.41) is 9.87. The topological polar surface area (TPSA) is 39.9 Å². The summed E-state index contributed by atoms with van der Waals surface area (Å²) in [6, 6.07) is 8.99. The van der Waals surface area contributed by atoms with Gasteiger partial charge >= 0.3 is 6.18 Å². The maximum absolute atomic E-state index is 13.2. The second kappa shape index (κ2) is 4.13. The first-order valence-electron chi connectivity index (χ1n) is 7.06. The van der Waals surface area contributed by atoms with Crippen molar-refractivity contribution in [3.8, 4) is 6.07 Å². The van der Waals surface area contributed by atoms with Gasteiger partial charge in [0.1, 0.15) is 6.07 Å². The lowest BCUT2D eigenvalue weighted by atomic mass is 10.1. The molecule has 1 aromatic carbocycles. The molecule has 1 aliphatic heterocycles. The van der Waals surface area contributed by atoms with E-state index >= 15 is 0 Å². The normalized spacial score (nSPS) is 26.8. The number of nitrogens with zero attached hydrogens (tertiary/aromatic N) is 3. The molecule has 1 aromatic heterocycles. The van der Waals surface area contributed by atoms with Gasteiger partial charge in [0.25, 0.3) is 0 Å². The molecule has 0 bridgehead atoms. The Morgan fingerprint density at radius 1 is 1.32 bits per heavy atom. The molecule has 0 amide bonds. The molecule has 0 N–H and O–H groups in total. The Balaban J connectivity index is 1.77. The van der Waals surface area contributed by atoms with Gasteiger partial charge in [-0.3, -0.25) is 4.98 Å². The second-order valence-corrected chi connectivity index (χ2v) is 6.08. The highest BCUT2D eigenvalue weighted by molar-refractivity contribution is 5.95. The van der Waals surface area contributed by atoms with Crippen LogP contribution in [0, 0.1) is 22.7 Å². The van der Waals surface area contributed by atoms with Crippen LogP contribution in [0.1, 0.15) is 12.0 Å². The zero-order valence-electron chi connectivity index (χ0n) is 11.6. The standard InChI is InChI=1S/C16H12F3N3/c17-16(18,19)15-6-11(15)8-22(9-15)13-4-3-10(7-20)14-12(13)2-1-5-21-14/h1-5,11H,6,8-9H2. The van der Waals surface area contributed by atoms with Crippen LogP contribution in [-0.2, 0) is 0 Å². The van der Waals surface area contributed by atoms with Gasteiger partial charge in [-0.05, 0) is 36.6 Å². The SMILES string of the molecule is N#Cc1ccc(N2CC3CC3(C(F)(F)F)C2)c2cccnc12. The Labute approximate surface area is 125 Å². The number of pyridine rings is 1. The Morgan fingerprint density at radius 2 is 2.14 bits per heavy atom. The van der Waals surface area contributed by atoms with Crippen LogP contribution in [0.4, 0.5) is 18.9 Å². The average molecular weight is 303 g/mol. The Bertz CT molecular complexity index is 808. The number of benzene rings is 1. The maximum Gasteiger partial charge on any atom is 0.396 e. The second-order valence-electron chi connectivity index (χ2n) is 6.08. The van der Waals surface area contributed by atoms with Crippen LogP contribution >= 0.6 is 0 Å². The van der Waals surface area contributed by atoms with Crippen molar-refractivity contribution in [2.75, 3.05) is 18.0 Å². The van der Waals surface area contributed by atoms with Crippen molar-refractivity contribution in [3.63, 3.8) is 0 Å². The fourth-order valence-electron chi connectivity index (χ4n) is 3.63. The first-order chi connectivity index (χ1) is 10.5. The van der Waals surface area contributed by atoms with E-state index in [1.54, 1.807) is 29.3 Å². The summed E-state index contributed by atoms with van der Waals surface area (Å²) in [6.45, 7) is 0.409. The summed E-state index contributed by atoms with van der Waals surface area (Å²) < 4.78 is 39.7. The average Bonchev–Trinajstić information content (AvgIpc) is 3.08. The van der Waals surface area contributed by atoms with Crippen LogP contribution < -0.4 is 4.90 Å². The van der Waals surface area contributed by atoms with E-state index in [4.69, 9.17) is 5.26 Å². The third-order valence-electron chi connectivity index (χ3n) is 4.92. The fraction of sp³-hybridized carbons (Fsp3) is 0.375. The van der Waals surface area contributed by atoms with Gasteiger partial charge in [0.2, 0.25) is 0 Å². The first kappa shape index (κ1) is 13.4. The van der Waals surface area contributed by atoms with Gasteiger partial charge in [0.15, 0.2) is 0 Å². The molecule has 1 aliphatic carbocycles. The lowest BCUT2D eigenvalue weighted by Gasteiger charge is -2.25. The van der Waals surface area contributed by atoms with Crippen molar-refractivity contribution in [2.45, 2.75) is 12.6 Å². The van der Waals surface area contributed by atoms with Gasteiger partial charge in [-0.1, -0.05) is 0 Å². The van der Waals surface area contributed by atoms with Crippen LogP contribution in [0.3, 0.4) is 0 Å². The molecule has 22 heavy (non-hydrogen) atoms. The van der Waals surface area contributed by atoms with Crippen LogP contribution in [0.25, 0.3) is 10.9 Å². The number of halogens is 3. The van der Waals surface area contributed by atoms with Gasteiger partial charge in [-0.15, -0.1) is 0 Å². The zero-order chi connectivity index (χ0) is 15.5. The highest BCUT2D eigenvalue weighted by atomic mass is 19.4.